The normalized spacial score (nSPS) is 18.5. The summed E-state index contributed by atoms with van der Waals surface area (Å²) in [6.07, 6.45) is 0.594. The van der Waals surface area contributed by atoms with E-state index in [4.69, 9.17) is 5.11 Å². The molecule has 7 heteroatoms. The van der Waals surface area contributed by atoms with Crippen LogP contribution in [0.2, 0.25) is 0 Å². The lowest BCUT2D eigenvalue weighted by molar-refractivity contribution is -0.117. The van der Waals surface area contributed by atoms with E-state index in [2.05, 4.69) is 5.32 Å². The van der Waals surface area contributed by atoms with Crippen LogP contribution in [0.4, 0.5) is 11.4 Å². The standard InChI is InChI=1S/C20H20N2O5/c1-11-9-17(21-15-6-3-13(4-7-15)19(24)25)16-10-14(20(26)27)5-8-18(16)22(11)12(2)23/h3-8,10-11,17,21H,9H2,1-2H3,(H,24,25)(H,26,27)/t11-,17+/m1/s1. The number of carboxylic acids is 2. The third-order valence-electron chi connectivity index (χ3n) is 4.74. The molecule has 2 aromatic rings. The molecule has 1 aliphatic rings. The second kappa shape index (κ2) is 7.11. The minimum atomic E-state index is -1.03. The van der Waals surface area contributed by atoms with Crippen LogP contribution in [-0.2, 0) is 4.79 Å². The third-order valence-corrected chi connectivity index (χ3v) is 4.74. The van der Waals surface area contributed by atoms with Crippen LogP contribution in [0.3, 0.4) is 0 Å². The van der Waals surface area contributed by atoms with Crippen LogP contribution in [0.15, 0.2) is 42.5 Å². The van der Waals surface area contributed by atoms with Crippen molar-refractivity contribution in [3.63, 3.8) is 0 Å². The summed E-state index contributed by atoms with van der Waals surface area (Å²) in [7, 11) is 0. The van der Waals surface area contributed by atoms with Gasteiger partial charge in [0.25, 0.3) is 0 Å². The summed E-state index contributed by atoms with van der Waals surface area (Å²) < 4.78 is 0. The Balaban J connectivity index is 1.99. The number of carbonyl (C=O) groups is 3. The fourth-order valence-corrected chi connectivity index (χ4v) is 3.52. The number of carboxylic acid groups (broad SMARTS) is 2. The van der Waals surface area contributed by atoms with Gasteiger partial charge in [0, 0.05) is 24.3 Å². The molecule has 0 aromatic heterocycles. The van der Waals surface area contributed by atoms with Gasteiger partial charge in [0.15, 0.2) is 0 Å². The Morgan fingerprint density at radius 2 is 1.59 bits per heavy atom. The van der Waals surface area contributed by atoms with Crippen LogP contribution in [0.5, 0.6) is 0 Å². The number of fused-ring (bicyclic) bond motifs is 1. The van der Waals surface area contributed by atoms with Crippen molar-refractivity contribution < 1.29 is 24.6 Å². The molecule has 0 saturated carbocycles. The molecule has 1 amide bonds. The summed E-state index contributed by atoms with van der Waals surface area (Å²) in [6, 6.07) is 10.8. The van der Waals surface area contributed by atoms with Gasteiger partial charge in [-0.3, -0.25) is 4.79 Å². The lowest BCUT2D eigenvalue weighted by Gasteiger charge is -2.39. The number of anilines is 2. The molecule has 1 aliphatic heterocycles. The Morgan fingerprint density at radius 1 is 1.00 bits per heavy atom. The first-order valence-corrected chi connectivity index (χ1v) is 8.55. The number of hydrogen-bond donors (Lipinski definition) is 3. The second-order valence-corrected chi connectivity index (χ2v) is 6.63. The first-order chi connectivity index (χ1) is 12.8. The molecule has 0 unspecified atom stereocenters. The molecular formula is C20H20N2O5. The van der Waals surface area contributed by atoms with Gasteiger partial charge in [-0.1, -0.05) is 0 Å². The Labute approximate surface area is 156 Å². The highest BCUT2D eigenvalue weighted by Crippen LogP contribution is 2.39. The zero-order chi connectivity index (χ0) is 19.7. The van der Waals surface area contributed by atoms with E-state index < -0.39 is 11.9 Å². The van der Waals surface area contributed by atoms with E-state index in [9.17, 15) is 19.5 Å². The highest BCUT2D eigenvalue weighted by Gasteiger charge is 2.33. The molecule has 1 heterocycles. The molecule has 3 rings (SSSR count). The van der Waals surface area contributed by atoms with Crippen LogP contribution in [-0.4, -0.2) is 34.1 Å². The van der Waals surface area contributed by atoms with Gasteiger partial charge in [0.2, 0.25) is 5.91 Å². The number of carbonyl (C=O) groups excluding carboxylic acids is 1. The van der Waals surface area contributed by atoms with E-state index in [0.717, 1.165) is 11.3 Å². The summed E-state index contributed by atoms with van der Waals surface area (Å²) in [5.74, 6) is -2.13. The molecule has 140 valence electrons. The first kappa shape index (κ1) is 18.4. The van der Waals surface area contributed by atoms with Crippen molar-refractivity contribution in [2.45, 2.75) is 32.4 Å². The van der Waals surface area contributed by atoms with E-state index in [-0.39, 0.29) is 29.1 Å². The van der Waals surface area contributed by atoms with E-state index in [0.29, 0.717) is 12.1 Å². The van der Waals surface area contributed by atoms with Gasteiger partial charge < -0.3 is 20.4 Å². The summed E-state index contributed by atoms with van der Waals surface area (Å²) in [5, 5.41) is 21.7. The van der Waals surface area contributed by atoms with Crippen molar-refractivity contribution >= 4 is 29.2 Å². The lowest BCUT2D eigenvalue weighted by Crippen LogP contribution is -2.43. The maximum atomic E-state index is 12.1. The van der Waals surface area contributed by atoms with Gasteiger partial charge in [0.05, 0.1) is 17.2 Å². The minimum absolute atomic E-state index is 0.0681. The van der Waals surface area contributed by atoms with Crippen molar-refractivity contribution in [1.29, 1.82) is 0 Å². The fourth-order valence-electron chi connectivity index (χ4n) is 3.52. The van der Waals surface area contributed by atoms with Gasteiger partial charge in [0.1, 0.15) is 0 Å². The summed E-state index contributed by atoms with van der Waals surface area (Å²) in [6.45, 7) is 3.43. The summed E-state index contributed by atoms with van der Waals surface area (Å²) >= 11 is 0. The molecule has 0 radical (unpaired) electrons. The highest BCUT2D eigenvalue weighted by atomic mass is 16.4. The number of nitrogens with one attached hydrogen (secondary N) is 1. The number of aromatic carboxylic acids is 2. The summed E-state index contributed by atoms with van der Waals surface area (Å²) in [4.78, 5) is 36.1. The van der Waals surface area contributed by atoms with Gasteiger partial charge in [-0.2, -0.15) is 0 Å². The number of hydrogen-bond acceptors (Lipinski definition) is 4. The van der Waals surface area contributed by atoms with Crippen LogP contribution >= 0.6 is 0 Å². The molecule has 7 nitrogen and oxygen atoms in total. The number of benzene rings is 2. The van der Waals surface area contributed by atoms with E-state index in [1.165, 1.54) is 25.1 Å². The smallest absolute Gasteiger partial charge is 0.335 e. The quantitative estimate of drug-likeness (QED) is 0.764. The van der Waals surface area contributed by atoms with Crippen molar-refractivity contribution in [3.8, 4) is 0 Å². The molecule has 0 spiro atoms. The Bertz CT molecular complexity index is 907. The zero-order valence-electron chi connectivity index (χ0n) is 15.0. The van der Waals surface area contributed by atoms with Crippen LogP contribution in [0.1, 0.15) is 52.6 Å². The van der Waals surface area contributed by atoms with Gasteiger partial charge in [-0.25, -0.2) is 9.59 Å². The number of nitrogens with zero attached hydrogens (tertiary/aromatic N) is 1. The number of amides is 1. The molecule has 0 saturated heterocycles. The molecule has 2 aromatic carbocycles. The lowest BCUT2D eigenvalue weighted by atomic mass is 9.90. The molecule has 2 atom stereocenters. The molecule has 0 aliphatic carbocycles. The SMILES string of the molecule is CC(=O)N1c2ccc(C(=O)O)cc2[C@@H](Nc2ccc(C(=O)O)cc2)C[C@H]1C. The van der Waals surface area contributed by atoms with Crippen molar-refractivity contribution in [2.24, 2.45) is 0 Å². The number of rotatable bonds is 4. The van der Waals surface area contributed by atoms with Crippen LogP contribution < -0.4 is 10.2 Å². The van der Waals surface area contributed by atoms with Gasteiger partial charge in [-0.15, -0.1) is 0 Å². The Kier molecular flexibility index (Phi) is 4.85. The average molecular weight is 368 g/mol. The molecule has 0 fully saturated rings. The van der Waals surface area contributed by atoms with E-state index in [1.54, 1.807) is 29.2 Å². The average Bonchev–Trinajstić information content (AvgIpc) is 2.61. The molecule has 0 bridgehead atoms. The zero-order valence-corrected chi connectivity index (χ0v) is 15.0. The minimum Gasteiger partial charge on any atom is -0.478 e. The molecule has 3 N–H and O–H groups in total. The van der Waals surface area contributed by atoms with Gasteiger partial charge in [-0.05, 0) is 61.4 Å². The van der Waals surface area contributed by atoms with Crippen molar-refractivity contribution in [2.75, 3.05) is 10.2 Å². The Morgan fingerprint density at radius 3 is 2.15 bits per heavy atom. The van der Waals surface area contributed by atoms with Gasteiger partial charge >= 0.3 is 11.9 Å². The molecule has 27 heavy (non-hydrogen) atoms. The Hall–Kier alpha value is -3.35. The first-order valence-electron chi connectivity index (χ1n) is 8.55. The largest absolute Gasteiger partial charge is 0.478 e. The third kappa shape index (κ3) is 3.62. The fraction of sp³-hybridized carbons (Fsp3) is 0.250. The topological polar surface area (TPSA) is 107 Å². The predicted molar refractivity (Wildman–Crippen MR) is 100 cm³/mol. The van der Waals surface area contributed by atoms with E-state index in [1.807, 2.05) is 6.92 Å². The maximum absolute atomic E-state index is 12.1. The monoisotopic (exact) mass is 368 g/mol. The molecular weight excluding hydrogens is 348 g/mol. The van der Waals surface area contributed by atoms with Crippen molar-refractivity contribution in [3.05, 3.63) is 59.2 Å². The van der Waals surface area contributed by atoms with Crippen LogP contribution in [0.25, 0.3) is 0 Å². The second-order valence-electron chi connectivity index (χ2n) is 6.63. The van der Waals surface area contributed by atoms with E-state index >= 15 is 0 Å². The summed E-state index contributed by atoms with van der Waals surface area (Å²) in [5.41, 5.74) is 2.48. The van der Waals surface area contributed by atoms with Crippen LogP contribution in [0, 0.1) is 0 Å². The maximum Gasteiger partial charge on any atom is 0.335 e. The highest BCUT2D eigenvalue weighted by molar-refractivity contribution is 5.95. The van der Waals surface area contributed by atoms with Crippen molar-refractivity contribution in [1.82, 2.24) is 0 Å². The predicted octanol–water partition coefficient (Wildman–Crippen LogP) is 3.38.